The summed E-state index contributed by atoms with van der Waals surface area (Å²) >= 11 is 0. The van der Waals surface area contributed by atoms with Crippen molar-refractivity contribution in [2.45, 2.75) is 39.0 Å². The SMILES string of the molecule is CC(C)Cc1noc(C2CCCN(C(=O)c3ccccc3-c3ncn[nH]3)C2)n1. The molecular formula is C20H24N6O2. The van der Waals surface area contributed by atoms with Crippen LogP contribution in [0.25, 0.3) is 11.4 Å². The number of nitrogens with one attached hydrogen (secondary N) is 1. The molecule has 4 rings (SSSR count). The molecule has 2 aromatic heterocycles. The Bertz CT molecular complexity index is 934. The van der Waals surface area contributed by atoms with Gasteiger partial charge in [-0.25, -0.2) is 4.98 Å². The summed E-state index contributed by atoms with van der Waals surface area (Å²) in [4.78, 5) is 23.9. The molecule has 1 atom stereocenters. The van der Waals surface area contributed by atoms with Crippen molar-refractivity contribution >= 4 is 5.91 Å². The molecule has 8 nitrogen and oxygen atoms in total. The smallest absolute Gasteiger partial charge is 0.254 e. The molecule has 28 heavy (non-hydrogen) atoms. The fourth-order valence-electron chi connectivity index (χ4n) is 3.63. The molecule has 1 aliphatic rings. The summed E-state index contributed by atoms with van der Waals surface area (Å²) in [5, 5.41) is 10.8. The molecule has 1 N–H and O–H groups in total. The molecule has 0 bridgehead atoms. The largest absolute Gasteiger partial charge is 0.339 e. The lowest BCUT2D eigenvalue weighted by molar-refractivity contribution is 0.0696. The maximum Gasteiger partial charge on any atom is 0.254 e. The molecule has 0 aliphatic carbocycles. The van der Waals surface area contributed by atoms with Crippen molar-refractivity contribution in [3.63, 3.8) is 0 Å². The number of piperidine rings is 1. The number of carbonyl (C=O) groups excluding carboxylic acids is 1. The summed E-state index contributed by atoms with van der Waals surface area (Å²) in [7, 11) is 0. The molecule has 0 radical (unpaired) electrons. The molecule has 0 saturated carbocycles. The van der Waals surface area contributed by atoms with Gasteiger partial charge in [-0.3, -0.25) is 9.89 Å². The third-order valence-corrected chi connectivity index (χ3v) is 4.96. The number of hydrogen-bond acceptors (Lipinski definition) is 6. The molecule has 0 spiro atoms. The number of benzene rings is 1. The van der Waals surface area contributed by atoms with Crippen molar-refractivity contribution in [2.24, 2.45) is 5.92 Å². The third-order valence-electron chi connectivity index (χ3n) is 4.96. The molecular weight excluding hydrogens is 356 g/mol. The first-order valence-electron chi connectivity index (χ1n) is 9.68. The average Bonchev–Trinajstić information content (AvgIpc) is 3.39. The van der Waals surface area contributed by atoms with E-state index in [1.165, 1.54) is 6.33 Å². The highest BCUT2D eigenvalue weighted by Crippen LogP contribution is 2.28. The number of hydrogen-bond donors (Lipinski definition) is 1. The lowest BCUT2D eigenvalue weighted by atomic mass is 9.96. The number of nitrogens with zero attached hydrogens (tertiary/aromatic N) is 5. The Kier molecular flexibility index (Phi) is 5.18. The Morgan fingerprint density at radius 2 is 2.21 bits per heavy atom. The van der Waals surface area contributed by atoms with Gasteiger partial charge in [-0.05, 0) is 24.8 Å². The van der Waals surface area contributed by atoms with E-state index in [2.05, 4.69) is 39.2 Å². The van der Waals surface area contributed by atoms with Crippen molar-refractivity contribution in [3.8, 4) is 11.4 Å². The molecule has 3 aromatic rings. The second-order valence-electron chi connectivity index (χ2n) is 7.62. The van der Waals surface area contributed by atoms with Gasteiger partial charge in [-0.1, -0.05) is 37.2 Å². The summed E-state index contributed by atoms with van der Waals surface area (Å²) in [6.45, 7) is 5.55. The van der Waals surface area contributed by atoms with E-state index in [0.717, 1.165) is 30.7 Å². The number of H-pyrrole nitrogens is 1. The van der Waals surface area contributed by atoms with Gasteiger partial charge in [-0.15, -0.1) is 0 Å². The van der Waals surface area contributed by atoms with E-state index >= 15 is 0 Å². The van der Waals surface area contributed by atoms with E-state index in [9.17, 15) is 4.79 Å². The number of amides is 1. The van der Waals surface area contributed by atoms with Crippen LogP contribution in [0.3, 0.4) is 0 Å². The number of aromatic nitrogens is 5. The molecule has 1 aliphatic heterocycles. The zero-order chi connectivity index (χ0) is 19.5. The van der Waals surface area contributed by atoms with E-state index in [0.29, 0.717) is 36.3 Å². The molecule has 1 saturated heterocycles. The van der Waals surface area contributed by atoms with Crippen LogP contribution in [0.1, 0.15) is 54.7 Å². The first-order chi connectivity index (χ1) is 13.6. The summed E-state index contributed by atoms with van der Waals surface area (Å²) in [5.74, 6) is 2.50. The van der Waals surface area contributed by atoms with Crippen LogP contribution >= 0.6 is 0 Å². The second kappa shape index (κ2) is 7.92. The average molecular weight is 380 g/mol. The standard InChI is InChI=1S/C20H24N6O2/c1-13(2)10-17-23-19(28-25-17)14-6-5-9-26(11-14)20(27)16-8-4-3-7-15(16)18-21-12-22-24-18/h3-4,7-8,12-14H,5-6,9-11H2,1-2H3,(H,21,22,24). The monoisotopic (exact) mass is 380 g/mol. The van der Waals surface area contributed by atoms with E-state index < -0.39 is 0 Å². The first-order valence-corrected chi connectivity index (χ1v) is 9.68. The summed E-state index contributed by atoms with van der Waals surface area (Å²) in [6.07, 6.45) is 4.08. The zero-order valence-electron chi connectivity index (χ0n) is 16.1. The van der Waals surface area contributed by atoms with Gasteiger partial charge in [0.05, 0.1) is 11.5 Å². The topological polar surface area (TPSA) is 101 Å². The van der Waals surface area contributed by atoms with E-state index in [-0.39, 0.29) is 11.8 Å². The normalized spacial score (nSPS) is 17.2. The third kappa shape index (κ3) is 3.81. The van der Waals surface area contributed by atoms with Crippen LogP contribution < -0.4 is 0 Å². The van der Waals surface area contributed by atoms with Crippen LogP contribution in [-0.4, -0.2) is 49.2 Å². The molecule has 8 heteroatoms. The van der Waals surface area contributed by atoms with Crippen molar-refractivity contribution in [3.05, 3.63) is 47.9 Å². The zero-order valence-corrected chi connectivity index (χ0v) is 16.1. The quantitative estimate of drug-likeness (QED) is 0.730. The summed E-state index contributed by atoms with van der Waals surface area (Å²) in [6, 6.07) is 7.47. The van der Waals surface area contributed by atoms with Gasteiger partial charge in [0, 0.05) is 25.1 Å². The van der Waals surface area contributed by atoms with Gasteiger partial charge >= 0.3 is 0 Å². The minimum Gasteiger partial charge on any atom is -0.339 e. The molecule has 1 amide bonds. The second-order valence-corrected chi connectivity index (χ2v) is 7.62. The van der Waals surface area contributed by atoms with Crippen molar-refractivity contribution in [1.29, 1.82) is 0 Å². The fraction of sp³-hybridized carbons (Fsp3) is 0.450. The fourth-order valence-corrected chi connectivity index (χ4v) is 3.63. The minimum absolute atomic E-state index is 0.0152. The van der Waals surface area contributed by atoms with Gasteiger partial charge in [-0.2, -0.15) is 10.1 Å². The summed E-state index contributed by atoms with van der Waals surface area (Å²) < 4.78 is 5.50. The van der Waals surface area contributed by atoms with E-state index in [1.807, 2.05) is 29.2 Å². The molecule has 1 unspecified atom stereocenters. The van der Waals surface area contributed by atoms with Crippen LogP contribution in [0.15, 0.2) is 35.1 Å². The summed E-state index contributed by atoms with van der Waals surface area (Å²) in [5.41, 5.74) is 1.37. The van der Waals surface area contributed by atoms with Crippen LogP contribution in [0.4, 0.5) is 0 Å². The number of rotatable bonds is 5. The lowest BCUT2D eigenvalue weighted by Gasteiger charge is -2.31. The van der Waals surface area contributed by atoms with Crippen LogP contribution in [0.2, 0.25) is 0 Å². The van der Waals surface area contributed by atoms with Crippen LogP contribution in [-0.2, 0) is 6.42 Å². The first kappa shape index (κ1) is 18.3. The van der Waals surface area contributed by atoms with Gasteiger partial charge in [0.25, 0.3) is 5.91 Å². The predicted molar refractivity (Wildman–Crippen MR) is 103 cm³/mol. The number of carbonyl (C=O) groups is 1. The molecule has 1 fully saturated rings. The number of aromatic amines is 1. The molecule has 146 valence electrons. The van der Waals surface area contributed by atoms with Crippen molar-refractivity contribution in [1.82, 2.24) is 30.2 Å². The Hall–Kier alpha value is -3.03. The van der Waals surface area contributed by atoms with Gasteiger partial charge in [0.1, 0.15) is 6.33 Å². The molecule has 3 heterocycles. The highest BCUT2D eigenvalue weighted by Gasteiger charge is 2.30. The van der Waals surface area contributed by atoms with Crippen molar-refractivity contribution < 1.29 is 9.32 Å². The Balaban J connectivity index is 1.52. The Labute approximate surface area is 163 Å². The van der Waals surface area contributed by atoms with E-state index in [4.69, 9.17) is 4.52 Å². The molecule has 1 aromatic carbocycles. The lowest BCUT2D eigenvalue weighted by Crippen LogP contribution is -2.39. The van der Waals surface area contributed by atoms with Crippen LogP contribution in [0, 0.1) is 5.92 Å². The van der Waals surface area contributed by atoms with Gasteiger partial charge in [0.2, 0.25) is 5.89 Å². The maximum atomic E-state index is 13.2. The Morgan fingerprint density at radius 1 is 1.36 bits per heavy atom. The number of likely N-dealkylation sites (tertiary alicyclic amines) is 1. The van der Waals surface area contributed by atoms with Crippen molar-refractivity contribution in [2.75, 3.05) is 13.1 Å². The minimum atomic E-state index is -0.0152. The van der Waals surface area contributed by atoms with Gasteiger partial charge < -0.3 is 9.42 Å². The predicted octanol–water partition coefficient (Wildman–Crippen LogP) is 3.07. The van der Waals surface area contributed by atoms with Crippen LogP contribution in [0.5, 0.6) is 0 Å². The highest BCUT2D eigenvalue weighted by atomic mass is 16.5. The highest BCUT2D eigenvalue weighted by molar-refractivity contribution is 6.00. The van der Waals surface area contributed by atoms with Gasteiger partial charge in [0.15, 0.2) is 11.6 Å². The van der Waals surface area contributed by atoms with E-state index in [1.54, 1.807) is 0 Å². The maximum absolute atomic E-state index is 13.2. The Morgan fingerprint density at radius 3 is 3.00 bits per heavy atom.